The molecule has 27 heavy (non-hydrogen) atoms. The number of para-hydroxylation sites is 1. The first kappa shape index (κ1) is 17.0. The van der Waals surface area contributed by atoms with Crippen molar-refractivity contribution >= 4 is 34.8 Å². The molecule has 2 heterocycles. The van der Waals surface area contributed by atoms with E-state index in [1.54, 1.807) is 24.3 Å². The van der Waals surface area contributed by atoms with Crippen LogP contribution in [0.2, 0.25) is 5.02 Å². The van der Waals surface area contributed by atoms with Gasteiger partial charge in [0.15, 0.2) is 11.9 Å². The number of rotatable bonds is 3. The third-order valence-corrected chi connectivity index (χ3v) is 4.46. The van der Waals surface area contributed by atoms with E-state index in [1.165, 1.54) is 29.2 Å². The van der Waals surface area contributed by atoms with Crippen molar-refractivity contribution < 1.29 is 18.5 Å². The highest BCUT2D eigenvalue weighted by Crippen LogP contribution is 2.40. The highest BCUT2D eigenvalue weighted by molar-refractivity contribution is 6.34. The Morgan fingerprint density at radius 2 is 1.96 bits per heavy atom. The molecule has 1 aliphatic rings. The van der Waals surface area contributed by atoms with Crippen LogP contribution in [0.25, 0.3) is 0 Å². The minimum atomic E-state index is -0.899. The summed E-state index contributed by atoms with van der Waals surface area (Å²) in [7, 11) is 0. The Hall–Kier alpha value is -3.39. The van der Waals surface area contributed by atoms with Gasteiger partial charge in [-0.3, -0.25) is 19.8 Å². The van der Waals surface area contributed by atoms with Crippen LogP contribution in [0.15, 0.2) is 59.0 Å². The van der Waals surface area contributed by atoms with Gasteiger partial charge in [0, 0.05) is 5.69 Å². The molecule has 1 amide bonds. The minimum Gasteiger partial charge on any atom is -0.402 e. The number of carbonyl (C=O) groups excluding carboxylic acids is 1. The van der Waals surface area contributed by atoms with E-state index in [-0.39, 0.29) is 16.5 Å². The van der Waals surface area contributed by atoms with Crippen LogP contribution in [0.4, 0.5) is 21.6 Å². The lowest BCUT2D eigenvalue weighted by Gasteiger charge is -2.37. The lowest BCUT2D eigenvalue weighted by Crippen LogP contribution is -2.43. The molecule has 0 aliphatic carbocycles. The first-order chi connectivity index (χ1) is 13.0. The SMILES string of the molecule is O=C1c2ccccc2N[C@H](c2ccc([N+](=O)[O-])o2)N1c1ccc(F)cc1Cl. The molecule has 0 radical (unpaired) electrons. The van der Waals surface area contributed by atoms with Crippen molar-refractivity contribution in [2.75, 3.05) is 10.2 Å². The van der Waals surface area contributed by atoms with E-state index in [2.05, 4.69) is 5.32 Å². The Morgan fingerprint density at radius 3 is 2.67 bits per heavy atom. The molecule has 9 heteroatoms. The number of anilines is 2. The molecule has 3 aromatic rings. The fraction of sp³-hybridized carbons (Fsp3) is 0.0556. The summed E-state index contributed by atoms with van der Waals surface area (Å²) < 4.78 is 18.8. The molecule has 0 saturated heterocycles. The van der Waals surface area contributed by atoms with Crippen LogP contribution in [0.5, 0.6) is 0 Å². The van der Waals surface area contributed by atoms with Gasteiger partial charge >= 0.3 is 5.88 Å². The molecule has 0 saturated carbocycles. The molecule has 1 aliphatic heterocycles. The van der Waals surface area contributed by atoms with E-state index < -0.39 is 28.7 Å². The molecule has 1 atom stereocenters. The summed E-state index contributed by atoms with van der Waals surface area (Å²) >= 11 is 6.16. The highest BCUT2D eigenvalue weighted by atomic mass is 35.5. The fourth-order valence-corrected chi connectivity index (χ4v) is 3.22. The molecule has 0 fully saturated rings. The number of nitro groups is 1. The van der Waals surface area contributed by atoms with Crippen LogP contribution in [0.1, 0.15) is 22.3 Å². The lowest BCUT2D eigenvalue weighted by atomic mass is 10.1. The first-order valence-corrected chi connectivity index (χ1v) is 8.22. The average molecular weight is 388 g/mol. The van der Waals surface area contributed by atoms with E-state index in [0.29, 0.717) is 11.3 Å². The Labute approximate surface area is 157 Å². The van der Waals surface area contributed by atoms with Crippen LogP contribution < -0.4 is 10.2 Å². The summed E-state index contributed by atoms with van der Waals surface area (Å²) in [5, 5.41) is 14.1. The number of fused-ring (bicyclic) bond motifs is 1. The number of amides is 1. The smallest absolute Gasteiger partial charge is 0.402 e. The standard InChI is InChI=1S/C18H11ClFN3O4/c19-12-9-10(20)5-6-14(12)22-17(15-7-8-16(27-15)23(25)26)21-13-4-2-1-3-11(13)18(22)24/h1-9,17,21H/t17-/m0/s1. The number of hydrogen-bond acceptors (Lipinski definition) is 5. The summed E-state index contributed by atoms with van der Waals surface area (Å²) in [6, 6.07) is 13.0. The fourth-order valence-electron chi connectivity index (χ4n) is 2.97. The molecule has 7 nitrogen and oxygen atoms in total. The van der Waals surface area contributed by atoms with Crippen molar-refractivity contribution in [1.29, 1.82) is 0 Å². The number of hydrogen-bond donors (Lipinski definition) is 1. The largest absolute Gasteiger partial charge is 0.433 e. The predicted molar refractivity (Wildman–Crippen MR) is 96.4 cm³/mol. The van der Waals surface area contributed by atoms with Crippen LogP contribution in [-0.2, 0) is 0 Å². The zero-order valence-corrected chi connectivity index (χ0v) is 14.3. The number of carbonyl (C=O) groups is 1. The van der Waals surface area contributed by atoms with Crippen molar-refractivity contribution in [3.8, 4) is 0 Å². The topological polar surface area (TPSA) is 88.6 Å². The molecule has 0 bridgehead atoms. The van der Waals surface area contributed by atoms with Crippen LogP contribution in [-0.4, -0.2) is 10.8 Å². The normalized spacial score (nSPS) is 16.0. The quantitative estimate of drug-likeness (QED) is 0.517. The van der Waals surface area contributed by atoms with Gasteiger partial charge in [-0.25, -0.2) is 4.39 Å². The van der Waals surface area contributed by atoms with Gasteiger partial charge in [0.2, 0.25) is 0 Å². The van der Waals surface area contributed by atoms with Crippen molar-refractivity contribution in [2.45, 2.75) is 6.17 Å². The molecule has 136 valence electrons. The summed E-state index contributed by atoms with van der Waals surface area (Å²) in [5.74, 6) is -1.26. The molecule has 0 spiro atoms. The molecular weight excluding hydrogens is 377 g/mol. The number of nitrogens with one attached hydrogen (secondary N) is 1. The van der Waals surface area contributed by atoms with E-state index in [1.807, 2.05) is 0 Å². The molecule has 2 aromatic carbocycles. The number of furan rings is 1. The summed E-state index contributed by atoms with van der Waals surface area (Å²) in [6.45, 7) is 0. The summed E-state index contributed by atoms with van der Waals surface area (Å²) in [4.78, 5) is 24.7. The van der Waals surface area contributed by atoms with Crippen molar-refractivity contribution in [1.82, 2.24) is 0 Å². The van der Waals surface area contributed by atoms with Crippen molar-refractivity contribution in [2.24, 2.45) is 0 Å². The van der Waals surface area contributed by atoms with Gasteiger partial charge < -0.3 is 9.73 Å². The summed E-state index contributed by atoms with van der Waals surface area (Å²) in [5.41, 5.74) is 1.17. The third kappa shape index (κ3) is 2.89. The van der Waals surface area contributed by atoms with E-state index in [0.717, 1.165) is 6.07 Å². The molecule has 0 unspecified atom stereocenters. The Morgan fingerprint density at radius 1 is 1.19 bits per heavy atom. The first-order valence-electron chi connectivity index (χ1n) is 7.84. The van der Waals surface area contributed by atoms with Gasteiger partial charge in [0.05, 0.1) is 22.3 Å². The van der Waals surface area contributed by atoms with Gasteiger partial charge in [-0.1, -0.05) is 23.7 Å². The molecule has 1 N–H and O–H groups in total. The second-order valence-corrected chi connectivity index (χ2v) is 6.20. The van der Waals surface area contributed by atoms with Crippen LogP contribution >= 0.6 is 11.6 Å². The number of nitrogens with zero attached hydrogens (tertiary/aromatic N) is 2. The maximum atomic E-state index is 13.5. The van der Waals surface area contributed by atoms with Gasteiger partial charge in [-0.2, -0.15) is 0 Å². The number of halogens is 2. The Balaban J connectivity index is 1.87. The van der Waals surface area contributed by atoms with E-state index in [4.69, 9.17) is 16.0 Å². The van der Waals surface area contributed by atoms with Gasteiger partial charge in [-0.15, -0.1) is 0 Å². The molecule has 4 rings (SSSR count). The molecular formula is C18H11ClFN3O4. The monoisotopic (exact) mass is 387 g/mol. The Kier molecular flexibility index (Phi) is 4.04. The summed E-state index contributed by atoms with van der Waals surface area (Å²) in [6.07, 6.45) is -0.899. The highest BCUT2D eigenvalue weighted by Gasteiger charge is 2.37. The second-order valence-electron chi connectivity index (χ2n) is 5.80. The zero-order valence-electron chi connectivity index (χ0n) is 13.6. The minimum absolute atomic E-state index is 0.0237. The third-order valence-electron chi connectivity index (χ3n) is 4.16. The average Bonchev–Trinajstić information content (AvgIpc) is 3.13. The zero-order chi connectivity index (χ0) is 19.1. The maximum Gasteiger partial charge on any atom is 0.433 e. The predicted octanol–water partition coefficient (Wildman–Crippen LogP) is 4.75. The maximum absolute atomic E-state index is 13.5. The van der Waals surface area contributed by atoms with Gasteiger partial charge in [0.1, 0.15) is 10.7 Å². The van der Waals surface area contributed by atoms with Crippen LogP contribution in [0, 0.1) is 15.9 Å². The van der Waals surface area contributed by atoms with Gasteiger partial charge in [0.25, 0.3) is 5.91 Å². The van der Waals surface area contributed by atoms with Crippen molar-refractivity contribution in [3.05, 3.63) is 86.9 Å². The number of benzene rings is 2. The van der Waals surface area contributed by atoms with E-state index in [9.17, 15) is 19.3 Å². The van der Waals surface area contributed by atoms with Crippen molar-refractivity contribution in [3.63, 3.8) is 0 Å². The lowest BCUT2D eigenvalue weighted by molar-refractivity contribution is -0.402. The van der Waals surface area contributed by atoms with Gasteiger partial charge in [-0.05, 0) is 36.4 Å². The molecule has 1 aromatic heterocycles. The van der Waals surface area contributed by atoms with E-state index >= 15 is 0 Å². The van der Waals surface area contributed by atoms with Crippen LogP contribution in [0.3, 0.4) is 0 Å². The second kappa shape index (κ2) is 6.40. The Bertz CT molecular complexity index is 1070.